The lowest BCUT2D eigenvalue weighted by Crippen LogP contribution is -2.02. The van der Waals surface area contributed by atoms with Gasteiger partial charge < -0.3 is 0 Å². The van der Waals surface area contributed by atoms with Crippen LogP contribution in [0.15, 0.2) is 47.4 Å². The van der Waals surface area contributed by atoms with Crippen LogP contribution in [0.1, 0.15) is 15.9 Å². The second-order valence-electron chi connectivity index (χ2n) is 4.13. The van der Waals surface area contributed by atoms with E-state index in [-0.39, 0.29) is 11.6 Å². The Balaban J connectivity index is 2.01. The normalized spacial score (nSPS) is 10.5. The lowest BCUT2D eigenvalue weighted by atomic mass is 10.1. The molecule has 2 rings (SSSR count). The van der Waals surface area contributed by atoms with Gasteiger partial charge in [0.1, 0.15) is 5.82 Å². The minimum Gasteiger partial charge on any atom is -0.293 e. The molecule has 0 spiro atoms. The second-order valence-corrected chi connectivity index (χ2v) is 5.59. The molecule has 19 heavy (non-hydrogen) atoms. The van der Waals surface area contributed by atoms with Crippen molar-refractivity contribution >= 4 is 29.1 Å². The van der Waals surface area contributed by atoms with Crippen molar-refractivity contribution in [2.24, 2.45) is 0 Å². The van der Waals surface area contributed by atoms with E-state index >= 15 is 0 Å². The molecule has 2 aromatic rings. The zero-order chi connectivity index (χ0) is 13.8. The third-order valence-corrected chi connectivity index (χ3v) is 4.10. The van der Waals surface area contributed by atoms with Crippen molar-refractivity contribution in [3.63, 3.8) is 0 Å². The quantitative estimate of drug-likeness (QED) is 0.597. The number of carbonyl (C=O) groups is 1. The minimum atomic E-state index is -0.277. The van der Waals surface area contributed by atoms with Crippen LogP contribution in [0.25, 0.3) is 0 Å². The number of aryl methyl sites for hydroxylation is 1. The molecule has 2 aromatic carbocycles. The van der Waals surface area contributed by atoms with Crippen LogP contribution in [0.2, 0.25) is 5.02 Å². The fraction of sp³-hybridized carbons (Fsp3) is 0.133. The molecule has 0 N–H and O–H groups in total. The molecule has 4 heteroatoms. The molecule has 98 valence electrons. The summed E-state index contributed by atoms with van der Waals surface area (Å²) in [5, 5.41) is 0.595. The molecule has 0 aliphatic rings. The van der Waals surface area contributed by atoms with E-state index in [2.05, 4.69) is 0 Å². The molecule has 0 aromatic heterocycles. The van der Waals surface area contributed by atoms with Crippen molar-refractivity contribution in [2.45, 2.75) is 11.8 Å². The summed E-state index contributed by atoms with van der Waals surface area (Å²) in [5.74, 6) is 0.0441. The molecule has 0 saturated carbocycles. The van der Waals surface area contributed by atoms with Crippen LogP contribution in [0.5, 0.6) is 0 Å². The van der Waals surface area contributed by atoms with Crippen LogP contribution in [-0.2, 0) is 0 Å². The molecule has 0 saturated heterocycles. The van der Waals surface area contributed by atoms with Gasteiger partial charge in [0.25, 0.3) is 0 Å². The van der Waals surface area contributed by atoms with Gasteiger partial charge in [-0.2, -0.15) is 0 Å². The molecular weight excluding hydrogens is 283 g/mol. The molecule has 0 aliphatic heterocycles. The molecule has 0 aliphatic carbocycles. The van der Waals surface area contributed by atoms with Gasteiger partial charge >= 0.3 is 0 Å². The van der Waals surface area contributed by atoms with Crippen molar-refractivity contribution in [3.8, 4) is 0 Å². The van der Waals surface area contributed by atoms with Crippen molar-refractivity contribution in [1.29, 1.82) is 0 Å². The van der Waals surface area contributed by atoms with Gasteiger partial charge in [-0.05, 0) is 42.8 Å². The summed E-state index contributed by atoms with van der Waals surface area (Å²) in [7, 11) is 0. The highest BCUT2D eigenvalue weighted by atomic mass is 35.5. The summed E-state index contributed by atoms with van der Waals surface area (Å²) in [4.78, 5) is 12.9. The number of hydrogen-bond donors (Lipinski definition) is 0. The van der Waals surface area contributed by atoms with Crippen LogP contribution >= 0.6 is 23.4 Å². The number of Topliss-reactive ketones (excluding diaryl/α,β-unsaturated/α-hetero) is 1. The van der Waals surface area contributed by atoms with E-state index in [0.717, 1.165) is 10.5 Å². The monoisotopic (exact) mass is 294 g/mol. The number of ketones is 1. The van der Waals surface area contributed by atoms with Crippen LogP contribution in [0.4, 0.5) is 4.39 Å². The van der Waals surface area contributed by atoms with E-state index in [0.29, 0.717) is 16.3 Å². The highest BCUT2D eigenvalue weighted by molar-refractivity contribution is 8.00. The van der Waals surface area contributed by atoms with Gasteiger partial charge in [-0.1, -0.05) is 23.7 Å². The van der Waals surface area contributed by atoms with Crippen molar-refractivity contribution in [1.82, 2.24) is 0 Å². The molecule has 0 unspecified atom stereocenters. The summed E-state index contributed by atoms with van der Waals surface area (Å²) in [5.41, 5.74) is 1.55. The van der Waals surface area contributed by atoms with Gasteiger partial charge in [0.05, 0.1) is 5.75 Å². The molecule has 0 bridgehead atoms. The maximum Gasteiger partial charge on any atom is 0.173 e. The summed E-state index contributed by atoms with van der Waals surface area (Å²) in [6.07, 6.45) is 0. The lowest BCUT2D eigenvalue weighted by molar-refractivity contribution is 0.102. The number of carbonyl (C=O) groups excluding carboxylic acids is 1. The van der Waals surface area contributed by atoms with E-state index in [1.54, 1.807) is 24.3 Å². The Morgan fingerprint density at radius 3 is 2.53 bits per heavy atom. The van der Waals surface area contributed by atoms with Gasteiger partial charge in [0.2, 0.25) is 0 Å². The Morgan fingerprint density at radius 2 is 1.89 bits per heavy atom. The van der Waals surface area contributed by atoms with Gasteiger partial charge in [0, 0.05) is 15.5 Å². The van der Waals surface area contributed by atoms with Crippen LogP contribution in [0.3, 0.4) is 0 Å². The highest BCUT2D eigenvalue weighted by Gasteiger charge is 2.08. The average Bonchev–Trinajstić information content (AvgIpc) is 2.41. The third kappa shape index (κ3) is 3.82. The molecule has 1 nitrogen and oxygen atoms in total. The van der Waals surface area contributed by atoms with Crippen LogP contribution in [0, 0.1) is 12.7 Å². The highest BCUT2D eigenvalue weighted by Crippen LogP contribution is 2.21. The zero-order valence-corrected chi connectivity index (χ0v) is 11.9. The zero-order valence-electron chi connectivity index (χ0n) is 10.3. The van der Waals surface area contributed by atoms with E-state index in [9.17, 15) is 9.18 Å². The Morgan fingerprint density at radius 1 is 1.21 bits per heavy atom. The Hall–Kier alpha value is -1.32. The van der Waals surface area contributed by atoms with Gasteiger partial charge in [-0.3, -0.25) is 4.79 Å². The number of rotatable bonds is 4. The Labute approximate surface area is 120 Å². The van der Waals surface area contributed by atoms with Gasteiger partial charge in [-0.25, -0.2) is 4.39 Å². The summed E-state index contributed by atoms with van der Waals surface area (Å²) >= 11 is 7.37. The Bertz CT molecular complexity index is 596. The number of thioether (sulfide) groups is 1. The van der Waals surface area contributed by atoms with Crippen molar-refractivity contribution < 1.29 is 9.18 Å². The maximum absolute atomic E-state index is 12.7. The first-order valence-corrected chi connectivity index (χ1v) is 7.10. The fourth-order valence-corrected chi connectivity index (χ4v) is 2.50. The first-order chi connectivity index (χ1) is 9.06. The van der Waals surface area contributed by atoms with E-state index in [1.807, 2.05) is 13.0 Å². The van der Waals surface area contributed by atoms with E-state index in [4.69, 9.17) is 11.6 Å². The number of halogens is 2. The molecule has 0 heterocycles. The Kier molecular flexibility index (Phi) is 4.61. The van der Waals surface area contributed by atoms with Crippen molar-refractivity contribution in [2.75, 3.05) is 5.75 Å². The number of benzene rings is 2. The summed E-state index contributed by atoms with van der Waals surface area (Å²) < 4.78 is 12.7. The lowest BCUT2D eigenvalue weighted by Gasteiger charge is -2.04. The molecule has 0 fully saturated rings. The summed E-state index contributed by atoms with van der Waals surface area (Å²) in [6.45, 7) is 1.89. The van der Waals surface area contributed by atoms with Gasteiger partial charge in [0.15, 0.2) is 5.78 Å². The summed E-state index contributed by atoms with van der Waals surface area (Å²) in [6, 6.07) is 11.4. The predicted octanol–water partition coefficient (Wildman–Crippen LogP) is 4.76. The third-order valence-electron chi connectivity index (χ3n) is 2.68. The van der Waals surface area contributed by atoms with Crippen LogP contribution in [-0.4, -0.2) is 11.5 Å². The second kappa shape index (κ2) is 6.22. The largest absolute Gasteiger partial charge is 0.293 e. The smallest absolute Gasteiger partial charge is 0.173 e. The maximum atomic E-state index is 12.7. The molecular formula is C15H12ClFOS. The first kappa shape index (κ1) is 14.1. The molecule has 0 amide bonds. The first-order valence-electron chi connectivity index (χ1n) is 5.74. The molecule has 0 radical (unpaired) electrons. The van der Waals surface area contributed by atoms with E-state index < -0.39 is 0 Å². The average molecular weight is 295 g/mol. The SMILES string of the molecule is Cc1ccc(C(=O)CSc2ccc(F)cc2)cc1Cl. The van der Waals surface area contributed by atoms with E-state index in [1.165, 1.54) is 23.9 Å². The van der Waals surface area contributed by atoms with Gasteiger partial charge in [-0.15, -0.1) is 11.8 Å². The topological polar surface area (TPSA) is 17.1 Å². The molecule has 0 atom stereocenters. The fourth-order valence-electron chi connectivity index (χ4n) is 1.53. The standard InChI is InChI=1S/C15H12ClFOS/c1-10-2-3-11(8-14(10)16)15(18)9-19-13-6-4-12(17)5-7-13/h2-8H,9H2,1H3. The minimum absolute atomic E-state index is 0.0104. The van der Waals surface area contributed by atoms with Crippen molar-refractivity contribution in [3.05, 3.63) is 64.4 Å². The predicted molar refractivity (Wildman–Crippen MR) is 77.6 cm³/mol. The van der Waals surface area contributed by atoms with Crippen LogP contribution < -0.4 is 0 Å². The number of hydrogen-bond acceptors (Lipinski definition) is 2.